The molecule has 1 aliphatic heterocycles. The normalized spacial score (nSPS) is 26.1. The summed E-state index contributed by atoms with van der Waals surface area (Å²) in [6.07, 6.45) is -0.155. The van der Waals surface area contributed by atoms with Crippen molar-refractivity contribution in [2.24, 2.45) is 5.73 Å². The van der Waals surface area contributed by atoms with Crippen molar-refractivity contribution in [3.63, 3.8) is 0 Å². The van der Waals surface area contributed by atoms with E-state index in [2.05, 4.69) is 20.8 Å². The molecule has 2 unspecified atom stereocenters. The molecule has 0 bridgehead atoms. The van der Waals surface area contributed by atoms with Gasteiger partial charge in [0.05, 0.1) is 18.8 Å². The molecular weight excluding hydrogens is 287 g/mol. The van der Waals surface area contributed by atoms with Crippen LogP contribution in [0.1, 0.15) is 11.6 Å². The van der Waals surface area contributed by atoms with Gasteiger partial charge in [-0.1, -0.05) is 15.9 Å². The molecule has 1 heterocycles. The molecule has 1 saturated heterocycles. The summed E-state index contributed by atoms with van der Waals surface area (Å²) in [6.45, 7) is 1.82. The number of morpholine rings is 1. The Kier molecular flexibility index (Phi) is 4.14. The monoisotopic (exact) mass is 302 g/mol. The van der Waals surface area contributed by atoms with Crippen LogP contribution in [0.3, 0.4) is 0 Å². The minimum atomic E-state index is -0.214. The zero-order valence-corrected chi connectivity index (χ0v) is 11.3. The number of hydrogen-bond acceptors (Lipinski definition) is 3. The molecule has 0 amide bonds. The lowest BCUT2D eigenvalue weighted by molar-refractivity contribution is -0.0586. The van der Waals surface area contributed by atoms with Crippen molar-refractivity contribution in [2.45, 2.75) is 12.1 Å². The van der Waals surface area contributed by atoms with E-state index in [9.17, 15) is 4.39 Å². The lowest BCUT2D eigenvalue weighted by atomic mass is 9.98. The second-order valence-corrected chi connectivity index (χ2v) is 5.15. The topological polar surface area (TPSA) is 38.5 Å². The van der Waals surface area contributed by atoms with Crippen molar-refractivity contribution >= 4 is 15.9 Å². The third-order valence-electron chi connectivity index (χ3n) is 3.11. The van der Waals surface area contributed by atoms with Gasteiger partial charge in [-0.2, -0.15) is 0 Å². The zero-order chi connectivity index (χ0) is 12.4. The highest BCUT2D eigenvalue weighted by Crippen LogP contribution is 2.31. The minimum absolute atomic E-state index is 0.119. The molecule has 17 heavy (non-hydrogen) atoms. The van der Waals surface area contributed by atoms with Gasteiger partial charge in [0, 0.05) is 23.1 Å². The Labute approximate surface area is 109 Å². The van der Waals surface area contributed by atoms with E-state index in [1.807, 2.05) is 7.05 Å². The maximum absolute atomic E-state index is 13.9. The van der Waals surface area contributed by atoms with Crippen LogP contribution in [0.4, 0.5) is 4.39 Å². The Morgan fingerprint density at radius 3 is 3.06 bits per heavy atom. The van der Waals surface area contributed by atoms with Gasteiger partial charge in [-0.05, 0) is 25.2 Å². The average molecular weight is 303 g/mol. The molecule has 5 heteroatoms. The van der Waals surface area contributed by atoms with Gasteiger partial charge in [0.2, 0.25) is 0 Å². The first-order chi connectivity index (χ1) is 8.13. The second-order valence-electron chi connectivity index (χ2n) is 4.24. The summed E-state index contributed by atoms with van der Waals surface area (Å²) >= 11 is 3.37. The van der Waals surface area contributed by atoms with Gasteiger partial charge in [0.1, 0.15) is 5.82 Å². The van der Waals surface area contributed by atoms with Crippen LogP contribution in [-0.2, 0) is 4.74 Å². The average Bonchev–Trinajstić information content (AvgIpc) is 2.32. The quantitative estimate of drug-likeness (QED) is 0.907. The number of likely N-dealkylation sites (N-methyl/N-ethyl adjacent to an activating group) is 1. The van der Waals surface area contributed by atoms with Gasteiger partial charge in [-0.3, -0.25) is 4.90 Å². The van der Waals surface area contributed by atoms with Crippen molar-refractivity contribution in [2.75, 3.05) is 26.7 Å². The first-order valence-corrected chi connectivity index (χ1v) is 6.39. The number of ether oxygens (including phenoxy) is 1. The Balaban J connectivity index is 2.37. The maximum Gasteiger partial charge on any atom is 0.128 e. The summed E-state index contributed by atoms with van der Waals surface area (Å²) in [5.74, 6) is -0.214. The van der Waals surface area contributed by atoms with Crippen LogP contribution in [0.2, 0.25) is 0 Å². The maximum atomic E-state index is 13.9. The van der Waals surface area contributed by atoms with E-state index in [4.69, 9.17) is 10.5 Å². The largest absolute Gasteiger partial charge is 0.374 e. The highest BCUT2D eigenvalue weighted by Gasteiger charge is 2.32. The molecule has 0 spiro atoms. The number of nitrogens with two attached hydrogens (primary N) is 1. The van der Waals surface area contributed by atoms with Crippen LogP contribution in [-0.4, -0.2) is 37.7 Å². The molecule has 2 rings (SSSR count). The number of halogens is 2. The Bertz CT molecular complexity index is 402. The summed E-state index contributed by atoms with van der Waals surface area (Å²) in [4.78, 5) is 2.09. The summed E-state index contributed by atoms with van der Waals surface area (Å²) in [7, 11) is 1.97. The molecule has 2 N–H and O–H groups in total. The molecule has 3 nitrogen and oxygen atoms in total. The fourth-order valence-electron chi connectivity index (χ4n) is 2.24. The van der Waals surface area contributed by atoms with Gasteiger partial charge in [-0.25, -0.2) is 4.39 Å². The fraction of sp³-hybridized carbons (Fsp3) is 0.500. The van der Waals surface area contributed by atoms with E-state index in [1.54, 1.807) is 12.1 Å². The Morgan fingerprint density at radius 1 is 1.59 bits per heavy atom. The molecule has 0 aromatic heterocycles. The van der Waals surface area contributed by atoms with E-state index in [-0.39, 0.29) is 18.0 Å². The van der Waals surface area contributed by atoms with E-state index < -0.39 is 0 Å². The van der Waals surface area contributed by atoms with Crippen LogP contribution in [0.15, 0.2) is 22.7 Å². The molecule has 0 aliphatic carbocycles. The number of hydrogen-bond donors (Lipinski definition) is 1. The first-order valence-electron chi connectivity index (χ1n) is 5.60. The SMILES string of the molecule is CN1CCOC(CN)C1c1cc(Br)ccc1F. The van der Waals surface area contributed by atoms with Crippen LogP contribution >= 0.6 is 15.9 Å². The number of nitrogens with zero attached hydrogens (tertiary/aromatic N) is 1. The highest BCUT2D eigenvalue weighted by atomic mass is 79.9. The lowest BCUT2D eigenvalue weighted by Gasteiger charge is -2.39. The molecular formula is C12H16BrFN2O. The van der Waals surface area contributed by atoms with Gasteiger partial charge in [0.15, 0.2) is 0 Å². The molecule has 1 aliphatic rings. The predicted octanol–water partition coefficient (Wildman–Crippen LogP) is 1.92. The van der Waals surface area contributed by atoms with Crippen LogP contribution in [0.5, 0.6) is 0 Å². The van der Waals surface area contributed by atoms with Gasteiger partial charge < -0.3 is 10.5 Å². The lowest BCUT2D eigenvalue weighted by Crippen LogP contribution is -2.46. The minimum Gasteiger partial charge on any atom is -0.374 e. The van der Waals surface area contributed by atoms with Gasteiger partial charge >= 0.3 is 0 Å². The molecule has 0 radical (unpaired) electrons. The van der Waals surface area contributed by atoms with E-state index in [0.29, 0.717) is 18.7 Å². The van der Waals surface area contributed by atoms with E-state index in [0.717, 1.165) is 11.0 Å². The van der Waals surface area contributed by atoms with E-state index in [1.165, 1.54) is 6.07 Å². The molecule has 1 aromatic rings. The van der Waals surface area contributed by atoms with Crippen molar-refractivity contribution in [1.82, 2.24) is 4.90 Å². The predicted molar refractivity (Wildman–Crippen MR) is 68.3 cm³/mol. The highest BCUT2D eigenvalue weighted by molar-refractivity contribution is 9.10. The number of rotatable bonds is 2. The molecule has 2 atom stereocenters. The summed E-state index contributed by atoms with van der Waals surface area (Å²) in [5.41, 5.74) is 6.33. The van der Waals surface area contributed by atoms with Crippen molar-refractivity contribution in [3.05, 3.63) is 34.1 Å². The zero-order valence-electron chi connectivity index (χ0n) is 9.70. The Hall–Kier alpha value is -0.490. The van der Waals surface area contributed by atoms with Gasteiger partial charge in [0.25, 0.3) is 0 Å². The van der Waals surface area contributed by atoms with Crippen molar-refractivity contribution < 1.29 is 9.13 Å². The summed E-state index contributed by atoms with van der Waals surface area (Å²) < 4.78 is 20.4. The molecule has 1 fully saturated rings. The third kappa shape index (κ3) is 2.68. The Morgan fingerprint density at radius 2 is 2.35 bits per heavy atom. The molecule has 1 aromatic carbocycles. The second kappa shape index (κ2) is 5.44. The van der Waals surface area contributed by atoms with Gasteiger partial charge in [-0.15, -0.1) is 0 Å². The molecule has 0 saturated carbocycles. The summed E-state index contributed by atoms with van der Waals surface area (Å²) in [6, 6.07) is 4.84. The van der Waals surface area contributed by atoms with E-state index >= 15 is 0 Å². The van der Waals surface area contributed by atoms with Crippen molar-refractivity contribution in [3.8, 4) is 0 Å². The smallest absolute Gasteiger partial charge is 0.128 e. The first kappa shape index (κ1) is 13.0. The number of benzene rings is 1. The molecule has 94 valence electrons. The van der Waals surface area contributed by atoms with Crippen molar-refractivity contribution in [1.29, 1.82) is 0 Å². The van der Waals surface area contributed by atoms with Crippen LogP contribution in [0, 0.1) is 5.82 Å². The third-order valence-corrected chi connectivity index (χ3v) is 3.61. The van der Waals surface area contributed by atoms with Crippen LogP contribution < -0.4 is 5.73 Å². The fourth-order valence-corrected chi connectivity index (χ4v) is 2.62. The standard InChI is InChI=1S/C12H16BrFN2O/c1-16-4-5-17-11(7-15)12(16)9-6-8(13)2-3-10(9)14/h2-3,6,11-12H,4-5,7,15H2,1H3. The van der Waals surface area contributed by atoms with Crippen LogP contribution in [0.25, 0.3) is 0 Å². The summed E-state index contributed by atoms with van der Waals surface area (Å²) in [5, 5.41) is 0.